The zero-order valence-electron chi connectivity index (χ0n) is 16.6. The third kappa shape index (κ3) is 4.00. The van der Waals surface area contributed by atoms with Crippen LogP contribution < -0.4 is 0 Å². The smallest absolute Gasteiger partial charge is 0.187 e. The Labute approximate surface area is 169 Å². The van der Waals surface area contributed by atoms with Gasteiger partial charge >= 0.3 is 0 Å². The predicted molar refractivity (Wildman–Crippen MR) is 99.4 cm³/mol. The van der Waals surface area contributed by atoms with Crippen LogP contribution in [0.2, 0.25) is 0 Å². The van der Waals surface area contributed by atoms with Crippen molar-refractivity contribution >= 4 is 5.78 Å². The molecule has 0 aromatic rings. The molecule has 0 unspecified atom stereocenters. The molecule has 3 rings (SSSR count). The number of aliphatic hydroxyl groups is 5. The molecule has 0 spiro atoms. The first-order chi connectivity index (χ1) is 13.5. The lowest BCUT2D eigenvalue weighted by molar-refractivity contribution is -0.330. The number of carbonyl (C=O) groups is 1. The minimum absolute atomic E-state index is 0.219. The largest absolute Gasteiger partial charge is 0.491 e. The van der Waals surface area contributed by atoms with E-state index in [9.17, 15) is 30.3 Å². The van der Waals surface area contributed by atoms with Gasteiger partial charge in [0.25, 0.3) is 0 Å². The van der Waals surface area contributed by atoms with Gasteiger partial charge in [-0.2, -0.15) is 0 Å². The fraction of sp³-hybridized carbons (Fsp3) is 0.750. The van der Waals surface area contributed by atoms with Gasteiger partial charge in [-0.15, -0.1) is 6.58 Å². The first-order valence-corrected chi connectivity index (χ1v) is 9.74. The Kier molecular flexibility index (Phi) is 6.22. The van der Waals surface area contributed by atoms with E-state index in [1.165, 1.54) is 6.08 Å². The van der Waals surface area contributed by atoms with E-state index < -0.39 is 66.3 Å². The molecule has 0 amide bonds. The average Bonchev–Trinajstić information content (AvgIpc) is 3.02. The zero-order chi connectivity index (χ0) is 21.6. The van der Waals surface area contributed by atoms with Crippen molar-refractivity contribution in [1.82, 2.24) is 0 Å². The van der Waals surface area contributed by atoms with Crippen LogP contribution in [-0.2, 0) is 19.0 Å². The summed E-state index contributed by atoms with van der Waals surface area (Å²) in [5, 5.41) is 49.6. The monoisotopic (exact) mass is 414 g/mol. The summed E-state index contributed by atoms with van der Waals surface area (Å²) in [5.41, 5.74) is -1.61. The van der Waals surface area contributed by atoms with Gasteiger partial charge in [-0.3, -0.25) is 4.79 Å². The van der Waals surface area contributed by atoms with E-state index in [-0.39, 0.29) is 6.42 Å². The number of ether oxygens (including phenoxy) is 3. The number of ketones is 1. The second-order valence-electron chi connectivity index (χ2n) is 8.63. The van der Waals surface area contributed by atoms with Crippen LogP contribution in [0.15, 0.2) is 24.5 Å². The number of hydrogen-bond acceptors (Lipinski definition) is 9. The van der Waals surface area contributed by atoms with Crippen molar-refractivity contribution in [2.75, 3.05) is 6.61 Å². The highest BCUT2D eigenvalue weighted by molar-refractivity contribution is 5.95. The van der Waals surface area contributed by atoms with Crippen LogP contribution in [0.3, 0.4) is 0 Å². The standard InChI is InChI=1S/C20H30O9/c1-4-5-20-7-11(23)10(22)6-13(20)28-14(8-20)19(2,3)29-18-17(26)16(25)15(24)12(9-21)27-18/h4,6,11-12,14-18,21,23-26H,1,5,7-9H2,2-3H3/t11-,12-,14-,15-,16+,17-,18+,20-/m1/s1. The Morgan fingerprint density at radius 3 is 2.55 bits per heavy atom. The highest BCUT2D eigenvalue weighted by atomic mass is 16.7. The lowest BCUT2D eigenvalue weighted by Crippen LogP contribution is -2.61. The summed E-state index contributed by atoms with van der Waals surface area (Å²) in [6.07, 6.45) is -4.36. The maximum Gasteiger partial charge on any atom is 0.187 e. The van der Waals surface area contributed by atoms with Crippen molar-refractivity contribution in [3.05, 3.63) is 24.5 Å². The summed E-state index contributed by atoms with van der Waals surface area (Å²) in [7, 11) is 0. The zero-order valence-corrected chi connectivity index (χ0v) is 16.6. The lowest BCUT2D eigenvalue weighted by atomic mass is 9.70. The van der Waals surface area contributed by atoms with E-state index in [2.05, 4.69) is 6.58 Å². The highest BCUT2D eigenvalue weighted by Gasteiger charge is 2.55. The molecule has 8 atom stereocenters. The van der Waals surface area contributed by atoms with Gasteiger partial charge in [0.1, 0.15) is 48.0 Å². The van der Waals surface area contributed by atoms with Crippen LogP contribution in [0.5, 0.6) is 0 Å². The van der Waals surface area contributed by atoms with Crippen molar-refractivity contribution in [2.45, 2.75) is 81.6 Å². The second-order valence-corrected chi connectivity index (χ2v) is 8.63. The Bertz CT molecular complexity index is 673. The molecule has 3 aliphatic rings. The van der Waals surface area contributed by atoms with E-state index in [0.717, 1.165) is 0 Å². The molecule has 0 aromatic carbocycles. The summed E-state index contributed by atoms with van der Waals surface area (Å²) in [6.45, 7) is 6.65. The molecule has 2 fully saturated rings. The van der Waals surface area contributed by atoms with E-state index >= 15 is 0 Å². The lowest BCUT2D eigenvalue weighted by Gasteiger charge is -2.43. The van der Waals surface area contributed by atoms with Crippen molar-refractivity contribution in [1.29, 1.82) is 0 Å². The number of fused-ring (bicyclic) bond motifs is 1. The topological polar surface area (TPSA) is 146 Å². The normalized spacial score (nSPS) is 42.8. The molecule has 9 heteroatoms. The molecule has 2 saturated heterocycles. The van der Waals surface area contributed by atoms with Gasteiger partial charge in [0.15, 0.2) is 12.1 Å². The molecular weight excluding hydrogens is 384 g/mol. The summed E-state index contributed by atoms with van der Waals surface area (Å²) in [5.74, 6) is 0.0659. The number of rotatable bonds is 6. The van der Waals surface area contributed by atoms with Crippen molar-refractivity contribution < 1.29 is 44.5 Å². The molecule has 9 nitrogen and oxygen atoms in total. The second kappa shape index (κ2) is 8.07. The Morgan fingerprint density at radius 2 is 1.93 bits per heavy atom. The minimum Gasteiger partial charge on any atom is -0.491 e. The van der Waals surface area contributed by atoms with Crippen LogP contribution in [0.1, 0.15) is 33.1 Å². The third-order valence-corrected chi connectivity index (χ3v) is 6.13. The molecule has 5 N–H and O–H groups in total. The van der Waals surface area contributed by atoms with Gasteiger partial charge in [-0.05, 0) is 26.7 Å². The first-order valence-electron chi connectivity index (χ1n) is 9.74. The molecule has 0 saturated carbocycles. The SMILES string of the molecule is C=CC[C@]12C[C@@H](O)C(=O)C=C1O[C@@H](C(C)(C)O[C@@H]1O[C@H](CO)[C@@H](O)[C@H](O)[C@H]1O)C2. The van der Waals surface area contributed by atoms with E-state index in [1.807, 2.05) is 0 Å². The molecule has 164 valence electrons. The minimum atomic E-state index is -1.55. The van der Waals surface area contributed by atoms with Gasteiger partial charge in [-0.25, -0.2) is 0 Å². The van der Waals surface area contributed by atoms with Gasteiger partial charge in [0, 0.05) is 17.9 Å². The molecule has 1 aliphatic carbocycles. The van der Waals surface area contributed by atoms with Crippen molar-refractivity contribution in [2.24, 2.45) is 5.41 Å². The number of hydrogen-bond donors (Lipinski definition) is 5. The number of allylic oxidation sites excluding steroid dienone is 2. The van der Waals surface area contributed by atoms with Crippen molar-refractivity contribution in [3.8, 4) is 0 Å². The Morgan fingerprint density at radius 1 is 1.24 bits per heavy atom. The fourth-order valence-electron chi connectivity index (χ4n) is 4.31. The summed E-state index contributed by atoms with van der Waals surface area (Å²) < 4.78 is 17.4. The quantitative estimate of drug-likeness (QED) is 0.351. The van der Waals surface area contributed by atoms with Crippen LogP contribution in [0.25, 0.3) is 0 Å². The van der Waals surface area contributed by atoms with Gasteiger partial charge in [0.2, 0.25) is 0 Å². The Balaban J connectivity index is 1.79. The molecular formula is C20H30O9. The maximum atomic E-state index is 11.9. The van der Waals surface area contributed by atoms with Crippen LogP contribution >= 0.6 is 0 Å². The molecule has 29 heavy (non-hydrogen) atoms. The van der Waals surface area contributed by atoms with Crippen molar-refractivity contribution in [3.63, 3.8) is 0 Å². The number of aliphatic hydroxyl groups excluding tert-OH is 5. The predicted octanol–water partition coefficient (Wildman–Crippen LogP) is -0.849. The molecule has 0 aromatic heterocycles. The average molecular weight is 414 g/mol. The summed E-state index contributed by atoms with van der Waals surface area (Å²) >= 11 is 0. The van der Waals surface area contributed by atoms with E-state index in [1.54, 1.807) is 19.9 Å². The fourth-order valence-corrected chi connectivity index (χ4v) is 4.31. The summed E-state index contributed by atoms with van der Waals surface area (Å²) in [6, 6.07) is 0. The Hall–Kier alpha value is -1.33. The van der Waals surface area contributed by atoms with Crippen LogP contribution in [-0.4, -0.2) is 86.4 Å². The molecule has 0 bridgehead atoms. The molecule has 2 heterocycles. The third-order valence-electron chi connectivity index (χ3n) is 6.13. The highest BCUT2D eigenvalue weighted by Crippen LogP contribution is 2.53. The summed E-state index contributed by atoms with van der Waals surface area (Å²) in [4.78, 5) is 11.9. The number of carbonyl (C=O) groups excluding carboxylic acids is 1. The van der Waals surface area contributed by atoms with Gasteiger partial charge in [0.05, 0.1) is 6.61 Å². The first kappa shape index (κ1) is 22.4. The van der Waals surface area contributed by atoms with Gasteiger partial charge in [-0.1, -0.05) is 6.08 Å². The molecule has 2 aliphatic heterocycles. The van der Waals surface area contributed by atoms with Crippen LogP contribution in [0, 0.1) is 5.41 Å². The maximum absolute atomic E-state index is 11.9. The van der Waals surface area contributed by atoms with Crippen LogP contribution in [0.4, 0.5) is 0 Å². The molecule has 0 radical (unpaired) electrons. The van der Waals surface area contributed by atoms with E-state index in [0.29, 0.717) is 18.6 Å². The van der Waals surface area contributed by atoms with E-state index in [4.69, 9.17) is 14.2 Å². The van der Waals surface area contributed by atoms with Gasteiger partial charge < -0.3 is 39.7 Å².